The lowest BCUT2D eigenvalue weighted by Gasteiger charge is -2.12. The predicted octanol–water partition coefficient (Wildman–Crippen LogP) is 4.19. The molecule has 1 rings (SSSR count). The van der Waals surface area contributed by atoms with Gasteiger partial charge in [0.15, 0.2) is 0 Å². The molecule has 1 N–H and O–H groups in total. The average Bonchev–Trinajstić information content (AvgIpc) is 2.41. The van der Waals surface area contributed by atoms with Crippen LogP contribution in [0.5, 0.6) is 0 Å². The number of nitrogens with one attached hydrogen (secondary N) is 1. The van der Waals surface area contributed by atoms with Crippen molar-refractivity contribution in [1.82, 2.24) is 0 Å². The van der Waals surface area contributed by atoms with E-state index in [-0.39, 0.29) is 11.7 Å². The first-order valence-corrected chi connectivity index (χ1v) is 6.81. The van der Waals surface area contributed by atoms with Crippen LogP contribution in [0, 0.1) is 11.3 Å². The van der Waals surface area contributed by atoms with E-state index < -0.39 is 11.7 Å². The lowest BCUT2D eigenvalue weighted by Crippen LogP contribution is -2.09. The van der Waals surface area contributed by atoms with E-state index in [9.17, 15) is 13.2 Å². The Morgan fingerprint density at radius 2 is 2.00 bits per heavy atom. The highest BCUT2D eigenvalue weighted by atomic mass is 19.4. The SMILES string of the molecule is CC(C)OCCCCNc1ccc(C(F)(F)F)c(C#N)c1. The van der Waals surface area contributed by atoms with Gasteiger partial charge in [0.2, 0.25) is 0 Å². The molecule has 0 heterocycles. The number of rotatable bonds is 7. The molecule has 0 aliphatic rings. The molecule has 0 fully saturated rings. The molecule has 1 aromatic carbocycles. The standard InChI is InChI=1S/C15H19F3N2O/c1-11(2)21-8-4-3-7-20-13-5-6-14(15(16,17)18)12(9-13)10-19/h5-6,9,11,20H,3-4,7-8H2,1-2H3. The van der Waals surface area contributed by atoms with Crippen LogP contribution < -0.4 is 5.32 Å². The molecular formula is C15H19F3N2O. The van der Waals surface area contributed by atoms with E-state index in [4.69, 9.17) is 10.00 Å². The van der Waals surface area contributed by atoms with Gasteiger partial charge in [0, 0.05) is 18.8 Å². The van der Waals surface area contributed by atoms with Gasteiger partial charge in [-0.25, -0.2) is 0 Å². The Bertz CT molecular complexity index is 493. The Kier molecular flexibility index (Phi) is 6.50. The highest BCUT2D eigenvalue weighted by molar-refractivity contribution is 5.53. The normalized spacial score (nSPS) is 11.5. The first-order valence-electron chi connectivity index (χ1n) is 6.81. The van der Waals surface area contributed by atoms with Gasteiger partial charge in [-0.15, -0.1) is 0 Å². The van der Waals surface area contributed by atoms with Crippen molar-refractivity contribution in [1.29, 1.82) is 5.26 Å². The predicted molar refractivity (Wildman–Crippen MR) is 75.0 cm³/mol. The number of benzene rings is 1. The largest absolute Gasteiger partial charge is 0.417 e. The van der Waals surface area contributed by atoms with Gasteiger partial charge in [-0.2, -0.15) is 18.4 Å². The van der Waals surface area contributed by atoms with Crippen molar-refractivity contribution < 1.29 is 17.9 Å². The van der Waals surface area contributed by atoms with Gasteiger partial charge in [0.1, 0.15) is 0 Å². The second-order valence-electron chi connectivity index (χ2n) is 4.92. The zero-order valence-electron chi connectivity index (χ0n) is 12.1. The summed E-state index contributed by atoms with van der Waals surface area (Å²) in [4.78, 5) is 0. The van der Waals surface area contributed by atoms with Crippen molar-refractivity contribution >= 4 is 5.69 Å². The minimum Gasteiger partial charge on any atom is -0.385 e. The fourth-order valence-corrected chi connectivity index (χ4v) is 1.77. The molecule has 0 unspecified atom stereocenters. The van der Waals surface area contributed by atoms with Gasteiger partial charge in [-0.1, -0.05) is 0 Å². The third kappa shape index (κ3) is 6.05. The molecule has 116 valence electrons. The third-order valence-electron chi connectivity index (χ3n) is 2.80. The Labute approximate surface area is 122 Å². The molecule has 0 saturated carbocycles. The number of hydrogen-bond acceptors (Lipinski definition) is 3. The van der Waals surface area contributed by atoms with Gasteiger partial charge >= 0.3 is 6.18 Å². The number of alkyl halides is 3. The maximum Gasteiger partial charge on any atom is 0.417 e. The van der Waals surface area contributed by atoms with Crippen LogP contribution in [0.15, 0.2) is 18.2 Å². The van der Waals surface area contributed by atoms with Crippen molar-refractivity contribution in [2.24, 2.45) is 0 Å². The Morgan fingerprint density at radius 3 is 2.57 bits per heavy atom. The van der Waals surface area contributed by atoms with Crippen LogP contribution in [-0.2, 0) is 10.9 Å². The fourth-order valence-electron chi connectivity index (χ4n) is 1.77. The van der Waals surface area contributed by atoms with E-state index in [0.717, 1.165) is 18.9 Å². The van der Waals surface area contributed by atoms with Crippen LogP contribution in [0.2, 0.25) is 0 Å². The van der Waals surface area contributed by atoms with Gasteiger partial charge in [-0.05, 0) is 44.9 Å². The van der Waals surface area contributed by atoms with Crippen LogP contribution in [0.3, 0.4) is 0 Å². The second-order valence-corrected chi connectivity index (χ2v) is 4.92. The minimum atomic E-state index is -4.50. The van der Waals surface area contributed by atoms with E-state index >= 15 is 0 Å². The van der Waals surface area contributed by atoms with E-state index in [1.54, 1.807) is 6.07 Å². The van der Waals surface area contributed by atoms with Crippen molar-refractivity contribution in [3.05, 3.63) is 29.3 Å². The molecule has 0 bridgehead atoms. The summed E-state index contributed by atoms with van der Waals surface area (Å²) in [7, 11) is 0. The summed E-state index contributed by atoms with van der Waals surface area (Å²) < 4.78 is 43.3. The van der Waals surface area contributed by atoms with Crippen LogP contribution in [0.25, 0.3) is 0 Å². The number of halogens is 3. The summed E-state index contributed by atoms with van der Waals surface area (Å²) in [5.74, 6) is 0. The number of anilines is 1. The molecule has 0 spiro atoms. The van der Waals surface area contributed by atoms with E-state index in [1.165, 1.54) is 12.1 Å². The topological polar surface area (TPSA) is 45.0 Å². The van der Waals surface area contributed by atoms with Crippen LogP contribution >= 0.6 is 0 Å². The van der Waals surface area contributed by atoms with Gasteiger partial charge in [0.25, 0.3) is 0 Å². The number of nitrogens with zero attached hydrogens (tertiary/aromatic N) is 1. The summed E-state index contributed by atoms with van der Waals surface area (Å²) in [5.41, 5.74) is -0.749. The summed E-state index contributed by atoms with van der Waals surface area (Å²) in [6.07, 6.45) is -2.59. The average molecular weight is 300 g/mol. The molecule has 0 amide bonds. The number of unbranched alkanes of at least 4 members (excludes halogenated alkanes) is 1. The molecule has 1 aromatic rings. The molecule has 0 radical (unpaired) electrons. The third-order valence-corrected chi connectivity index (χ3v) is 2.80. The molecule has 0 aromatic heterocycles. The maximum absolute atomic E-state index is 12.6. The van der Waals surface area contributed by atoms with Gasteiger partial charge in [-0.3, -0.25) is 0 Å². The Balaban J connectivity index is 2.49. The quantitative estimate of drug-likeness (QED) is 0.768. The van der Waals surface area contributed by atoms with Crippen molar-refractivity contribution in [3.63, 3.8) is 0 Å². The molecule has 0 saturated heterocycles. The summed E-state index contributed by atoms with van der Waals surface area (Å²) in [6.45, 7) is 5.21. The zero-order chi connectivity index (χ0) is 15.9. The Hall–Kier alpha value is -1.74. The monoisotopic (exact) mass is 300 g/mol. The molecular weight excluding hydrogens is 281 g/mol. The lowest BCUT2D eigenvalue weighted by atomic mass is 10.1. The number of hydrogen-bond donors (Lipinski definition) is 1. The molecule has 0 aliphatic heterocycles. The highest BCUT2D eigenvalue weighted by Crippen LogP contribution is 2.32. The zero-order valence-corrected chi connectivity index (χ0v) is 12.1. The van der Waals surface area contributed by atoms with Crippen LogP contribution in [-0.4, -0.2) is 19.3 Å². The fraction of sp³-hybridized carbons (Fsp3) is 0.533. The summed E-state index contributed by atoms with van der Waals surface area (Å²) in [6, 6.07) is 5.09. The van der Waals surface area contributed by atoms with E-state index in [2.05, 4.69) is 5.32 Å². The van der Waals surface area contributed by atoms with Crippen molar-refractivity contribution in [3.8, 4) is 6.07 Å². The highest BCUT2D eigenvalue weighted by Gasteiger charge is 2.33. The van der Waals surface area contributed by atoms with Crippen LogP contribution in [0.4, 0.5) is 18.9 Å². The first-order chi connectivity index (χ1) is 9.84. The molecule has 6 heteroatoms. The van der Waals surface area contributed by atoms with Crippen molar-refractivity contribution in [2.75, 3.05) is 18.5 Å². The van der Waals surface area contributed by atoms with Gasteiger partial charge in [0.05, 0.1) is 23.3 Å². The first kappa shape index (κ1) is 17.3. The lowest BCUT2D eigenvalue weighted by molar-refractivity contribution is -0.137. The number of ether oxygens (including phenoxy) is 1. The van der Waals surface area contributed by atoms with E-state index in [1.807, 2.05) is 13.8 Å². The second kappa shape index (κ2) is 7.89. The molecule has 0 aliphatic carbocycles. The van der Waals surface area contributed by atoms with Gasteiger partial charge < -0.3 is 10.1 Å². The maximum atomic E-state index is 12.6. The van der Waals surface area contributed by atoms with Crippen molar-refractivity contribution in [2.45, 2.75) is 39.0 Å². The molecule has 21 heavy (non-hydrogen) atoms. The van der Waals surface area contributed by atoms with E-state index in [0.29, 0.717) is 18.8 Å². The van der Waals surface area contributed by atoms with Crippen LogP contribution in [0.1, 0.15) is 37.8 Å². The molecule has 0 atom stereocenters. The molecule has 3 nitrogen and oxygen atoms in total. The number of nitriles is 1. The smallest absolute Gasteiger partial charge is 0.385 e. The summed E-state index contributed by atoms with van der Waals surface area (Å²) in [5, 5.41) is 11.8. The summed E-state index contributed by atoms with van der Waals surface area (Å²) >= 11 is 0. The minimum absolute atomic E-state index is 0.200. The Morgan fingerprint density at radius 1 is 1.29 bits per heavy atom.